The number of hydrogen-bond acceptors (Lipinski definition) is 4. The zero-order valence-corrected chi connectivity index (χ0v) is 18.0. The molecule has 31 heavy (non-hydrogen) atoms. The number of hydrogen-bond donors (Lipinski definition) is 1. The van der Waals surface area contributed by atoms with Gasteiger partial charge in [0.15, 0.2) is 0 Å². The van der Waals surface area contributed by atoms with Crippen molar-refractivity contribution in [2.45, 2.75) is 46.3 Å². The van der Waals surface area contributed by atoms with Crippen LogP contribution in [-0.4, -0.2) is 17.2 Å². The van der Waals surface area contributed by atoms with Gasteiger partial charge in [0.05, 0.1) is 6.10 Å². The lowest BCUT2D eigenvalue weighted by Crippen LogP contribution is -2.18. The Bertz CT molecular complexity index is 1030. The molecule has 1 unspecified atom stereocenters. The second-order valence-electron chi connectivity index (χ2n) is 7.49. The molecule has 0 heterocycles. The fraction of sp³-hybridized carbons (Fsp3) is 0.269. The largest absolute Gasteiger partial charge is 0.488 e. The molecule has 0 radical (unpaired) electrons. The molecule has 3 aromatic rings. The first kappa shape index (κ1) is 22.5. The van der Waals surface area contributed by atoms with Crippen molar-refractivity contribution >= 4 is 5.97 Å². The summed E-state index contributed by atoms with van der Waals surface area (Å²) in [4.78, 5) is 13.0. The first-order valence-corrected chi connectivity index (χ1v) is 10.4. The van der Waals surface area contributed by atoms with Crippen molar-refractivity contribution in [2.24, 2.45) is 0 Å². The van der Waals surface area contributed by atoms with E-state index in [9.17, 15) is 9.90 Å². The number of benzene rings is 3. The van der Waals surface area contributed by atoms with Crippen molar-refractivity contribution in [3.63, 3.8) is 0 Å². The summed E-state index contributed by atoms with van der Waals surface area (Å²) < 4.78 is 26.8. The van der Waals surface area contributed by atoms with Gasteiger partial charge in [-0.3, -0.25) is 0 Å². The molecule has 0 saturated carbocycles. The van der Waals surface area contributed by atoms with Crippen molar-refractivity contribution in [1.82, 2.24) is 0 Å². The number of rotatable bonds is 8. The molecule has 1 atom stereocenters. The van der Waals surface area contributed by atoms with Gasteiger partial charge in [0, 0.05) is 12.0 Å². The summed E-state index contributed by atoms with van der Waals surface area (Å²) in [6.45, 7) is 5.30. The molecule has 0 spiro atoms. The first-order valence-electron chi connectivity index (χ1n) is 10.4. The predicted molar refractivity (Wildman–Crippen MR) is 118 cm³/mol. The summed E-state index contributed by atoms with van der Waals surface area (Å²) >= 11 is 0. The highest BCUT2D eigenvalue weighted by atomic mass is 19.1. The monoisotopic (exact) mass is 422 g/mol. The minimum atomic E-state index is -0.684. The Labute approximate surface area is 182 Å². The molecule has 0 aliphatic carbocycles. The Morgan fingerprint density at radius 3 is 2.23 bits per heavy atom. The normalized spacial score (nSPS) is 11.8. The molecule has 0 aliphatic rings. The summed E-state index contributed by atoms with van der Waals surface area (Å²) in [5, 5.41) is 10.1. The SMILES string of the molecule is CCC(O)Cc1c(C)c(OCc2ccccc2)c(C(=O)Oc2ccccc2)c(C)c1F. The van der Waals surface area contributed by atoms with E-state index in [0.717, 1.165) is 5.56 Å². The lowest BCUT2D eigenvalue weighted by atomic mass is 9.93. The second-order valence-corrected chi connectivity index (χ2v) is 7.49. The van der Waals surface area contributed by atoms with E-state index in [1.54, 1.807) is 31.2 Å². The van der Waals surface area contributed by atoms with Gasteiger partial charge in [-0.2, -0.15) is 0 Å². The van der Waals surface area contributed by atoms with Crippen LogP contribution in [0.15, 0.2) is 60.7 Å². The summed E-state index contributed by atoms with van der Waals surface area (Å²) in [6, 6.07) is 18.2. The third-order valence-electron chi connectivity index (χ3n) is 5.28. The Hall–Kier alpha value is -3.18. The standard InChI is InChI=1S/C26H27FO4/c1-4-20(28)15-22-17(2)25(30-16-19-11-7-5-8-12-19)23(18(3)24(22)27)26(29)31-21-13-9-6-10-14-21/h5-14,20,28H,4,15-16H2,1-3H3. The molecule has 0 amide bonds. The number of ether oxygens (including phenoxy) is 2. The van der Waals surface area contributed by atoms with Crippen LogP contribution in [0.3, 0.4) is 0 Å². The van der Waals surface area contributed by atoms with Crippen molar-refractivity contribution in [2.75, 3.05) is 0 Å². The third kappa shape index (κ3) is 5.30. The van der Waals surface area contributed by atoms with Crippen LogP contribution in [-0.2, 0) is 13.0 Å². The van der Waals surface area contributed by atoms with Crippen LogP contribution in [0, 0.1) is 19.7 Å². The average molecular weight is 422 g/mol. The molecule has 5 heteroatoms. The topological polar surface area (TPSA) is 55.8 Å². The molecule has 0 saturated heterocycles. The highest BCUT2D eigenvalue weighted by Gasteiger charge is 2.27. The second kappa shape index (κ2) is 10.2. The zero-order chi connectivity index (χ0) is 22.4. The fourth-order valence-electron chi connectivity index (χ4n) is 3.42. The van der Waals surface area contributed by atoms with Crippen LogP contribution in [0.4, 0.5) is 4.39 Å². The number of aliphatic hydroxyl groups is 1. The average Bonchev–Trinajstić information content (AvgIpc) is 2.79. The van der Waals surface area contributed by atoms with E-state index in [1.165, 1.54) is 6.92 Å². The summed E-state index contributed by atoms with van der Waals surface area (Å²) in [5.41, 5.74) is 1.97. The van der Waals surface area contributed by atoms with Crippen LogP contribution in [0.25, 0.3) is 0 Å². The van der Waals surface area contributed by atoms with E-state index in [0.29, 0.717) is 23.3 Å². The molecule has 4 nitrogen and oxygen atoms in total. The Morgan fingerprint density at radius 1 is 1.00 bits per heavy atom. The molecule has 3 aromatic carbocycles. The molecular weight excluding hydrogens is 395 g/mol. The van der Waals surface area contributed by atoms with Gasteiger partial charge in [-0.1, -0.05) is 55.5 Å². The van der Waals surface area contributed by atoms with Gasteiger partial charge in [-0.15, -0.1) is 0 Å². The Balaban J connectivity index is 2.04. The fourth-order valence-corrected chi connectivity index (χ4v) is 3.42. The van der Waals surface area contributed by atoms with E-state index in [4.69, 9.17) is 9.47 Å². The molecular formula is C26H27FO4. The van der Waals surface area contributed by atoms with Gasteiger partial charge < -0.3 is 14.6 Å². The predicted octanol–water partition coefficient (Wildman–Crippen LogP) is 5.55. The van der Waals surface area contributed by atoms with E-state index in [2.05, 4.69) is 0 Å². The molecule has 1 N–H and O–H groups in total. The minimum absolute atomic E-state index is 0.0597. The van der Waals surface area contributed by atoms with E-state index < -0.39 is 17.9 Å². The van der Waals surface area contributed by atoms with Crippen molar-refractivity contribution in [3.8, 4) is 11.5 Å². The van der Waals surface area contributed by atoms with Gasteiger partial charge >= 0.3 is 5.97 Å². The van der Waals surface area contributed by atoms with Gasteiger partial charge in [0.2, 0.25) is 0 Å². The lowest BCUT2D eigenvalue weighted by Gasteiger charge is -2.21. The number of halogens is 1. The van der Waals surface area contributed by atoms with Gasteiger partial charge in [0.1, 0.15) is 29.5 Å². The number of carbonyl (C=O) groups excluding carboxylic acids is 1. The third-order valence-corrected chi connectivity index (χ3v) is 5.28. The zero-order valence-electron chi connectivity index (χ0n) is 18.0. The molecule has 0 aliphatic heterocycles. The van der Waals surface area contributed by atoms with Crippen LogP contribution in [0.1, 0.15) is 46.0 Å². The number of para-hydroxylation sites is 1. The number of esters is 1. The molecule has 0 fully saturated rings. The molecule has 0 aromatic heterocycles. The smallest absolute Gasteiger partial charge is 0.347 e. The Morgan fingerprint density at radius 2 is 1.61 bits per heavy atom. The quantitative estimate of drug-likeness (QED) is 0.382. The summed E-state index contributed by atoms with van der Waals surface area (Å²) in [7, 11) is 0. The van der Waals surface area contributed by atoms with Crippen LogP contribution in [0.5, 0.6) is 11.5 Å². The minimum Gasteiger partial charge on any atom is -0.488 e. The van der Waals surface area contributed by atoms with Gasteiger partial charge in [-0.25, -0.2) is 9.18 Å². The summed E-state index contributed by atoms with van der Waals surface area (Å²) in [5.74, 6) is -0.556. The Kier molecular flexibility index (Phi) is 7.42. The van der Waals surface area contributed by atoms with Gasteiger partial charge in [-0.05, 0) is 49.1 Å². The highest BCUT2D eigenvalue weighted by Crippen LogP contribution is 2.35. The lowest BCUT2D eigenvalue weighted by molar-refractivity contribution is 0.0728. The van der Waals surface area contributed by atoms with E-state index >= 15 is 4.39 Å². The van der Waals surface area contributed by atoms with Crippen LogP contribution >= 0.6 is 0 Å². The summed E-state index contributed by atoms with van der Waals surface area (Å²) in [6.07, 6.45) is -0.0441. The maximum atomic E-state index is 15.3. The van der Waals surface area contributed by atoms with Crippen LogP contribution in [0.2, 0.25) is 0 Å². The van der Waals surface area contributed by atoms with Crippen molar-refractivity contribution < 1.29 is 23.8 Å². The maximum Gasteiger partial charge on any atom is 0.347 e. The molecule has 162 valence electrons. The van der Waals surface area contributed by atoms with Gasteiger partial charge in [0.25, 0.3) is 0 Å². The van der Waals surface area contributed by atoms with Crippen LogP contribution < -0.4 is 9.47 Å². The van der Waals surface area contributed by atoms with E-state index in [-0.39, 0.29) is 29.9 Å². The van der Waals surface area contributed by atoms with Crippen molar-refractivity contribution in [1.29, 1.82) is 0 Å². The maximum absolute atomic E-state index is 15.3. The number of aliphatic hydroxyl groups excluding tert-OH is 1. The highest BCUT2D eigenvalue weighted by molar-refractivity contribution is 5.96. The molecule has 3 rings (SSSR count). The number of carbonyl (C=O) groups is 1. The van der Waals surface area contributed by atoms with E-state index in [1.807, 2.05) is 43.3 Å². The molecule has 0 bridgehead atoms. The first-order chi connectivity index (χ1) is 14.9. The van der Waals surface area contributed by atoms with Crippen molar-refractivity contribution in [3.05, 3.63) is 94.3 Å².